The first-order valence-electron chi connectivity index (χ1n) is 6.18. The maximum Gasteiger partial charge on any atom is 0.164 e. The van der Waals surface area contributed by atoms with Gasteiger partial charge in [0.2, 0.25) is 0 Å². The van der Waals surface area contributed by atoms with Crippen LogP contribution in [0.25, 0.3) is 0 Å². The minimum Gasteiger partial charge on any atom is -0.376 e. The Labute approximate surface area is 102 Å². The highest BCUT2D eigenvalue weighted by Crippen LogP contribution is 2.07. The van der Waals surface area contributed by atoms with Crippen molar-refractivity contribution in [2.45, 2.75) is 19.4 Å². The van der Waals surface area contributed by atoms with Crippen LogP contribution in [0, 0.1) is 0 Å². The summed E-state index contributed by atoms with van der Waals surface area (Å²) in [5.41, 5.74) is 0.814. The molecule has 3 heteroatoms. The zero-order valence-electron chi connectivity index (χ0n) is 10.3. The third-order valence-electron chi connectivity index (χ3n) is 3.08. The average Bonchev–Trinajstić information content (AvgIpc) is 2.37. The second-order valence-electron chi connectivity index (χ2n) is 4.52. The lowest BCUT2D eigenvalue weighted by Crippen LogP contribution is -2.41. The predicted octanol–water partition coefficient (Wildman–Crippen LogP) is 1.98. The lowest BCUT2D eigenvalue weighted by Gasteiger charge is -2.30. The smallest absolute Gasteiger partial charge is 0.164 e. The van der Waals surface area contributed by atoms with Crippen LogP contribution in [-0.4, -0.2) is 43.0 Å². The Morgan fingerprint density at radius 3 is 2.88 bits per heavy atom. The van der Waals surface area contributed by atoms with Crippen LogP contribution < -0.4 is 0 Å². The number of ether oxygens (including phenoxy) is 1. The van der Waals surface area contributed by atoms with Gasteiger partial charge >= 0.3 is 0 Å². The number of ketones is 1. The molecular weight excluding hydrogens is 214 g/mol. The topological polar surface area (TPSA) is 29.5 Å². The summed E-state index contributed by atoms with van der Waals surface area (Å²) < 4.78 is 5.47. The maximum atomic E-state index is 11.9. The van der Waals surface area contributed by atoms with Crippen molar-refractivity contribution in [1.29, 1.82) is 0 Å². The van der Waals surface area contributed by atoms with Crippen molar-refractivity contribution in [2.75, 3.05) is 26.2 Å². The molecule has 0 N–H and O–H groups in total. The maximum absolute atomic E-state index is 11.9. The number of nitrogens with zero attached hydrogens (tertiary/aromatic N) is 1. The molecule has 1 aromatic rings. The number of Topliss-reactive ketones (excluding diaryl/α,β-unsaturated/α-hetero) is 1. The molecule has 3 nitrogen and oxygen atoms in total. The monoisotopic (exact) mass is 233 g/mol. The number of carbonyl (C=O) groups excluding carboxylic acids is 1. The first-order chi connectivity index (χ1) is 8.25. The van der Waals surface area contributed by atoms with E-state index in [2.05, 4.69) is 11.8 Å². The molecule has 0 aromatic heterocycles. The van der Waals surface area contributed by atoms with Gasteiger partial charge < -0.3 is 4.74 Å². The van der Waals surface area contributed by atoms with Gasteiger partial charge in [-0.05, 0) is 6.92 Å². The fraction of sp³-hybridized carbons (Fsp3) is 0.500. The molecule has 0 spiro atoms. The van der Waals surface area contributed by atoms with E-state index < -0.39 is 0 Å². The van der Waals surface area contributed by atoms with Gasteiger partial charge in [0.15, 0.2) is 5.78 Å². The number of hydrogen-bond donors (Lipinski definition) is 0. The summed E-state index contributed by atoms with van der Waals surface area (Å²) >= 11 is 0. The van der Waals surface area contributed by atoms with Gasteiger partial charge in [0.25, 0.3) is 0 Å². The minimum absolute atomic E-state index is 0.227. The fourth-order valence-electron chi connectivity index (χ4n) is 2.12. The molecule has 1 heterocycles. The number of rotatable bonds is 4. The van der Waals surface area contributed by atoms with Gasteiger partial charge in [-0.2, -0.15) is 0 Å². The summed E-state index contributed by atoms with van der Waals surface area (Å²) in [6, 6.07) is 9.50. The van der Waals surface area contributed by atoms with Gasteiger partial charge in [-0.25, -0.2) is 0 Å². The molecule has 0 aliphatic carbocycles. The summed E-state index contributed by atoms with van der Waals surface area (Å²) in [6.07, 6.45) is 0.882. The zero-order valence-corrected chi connectivity index (χ0v) is 10.3. The Balaban J connectivity index is 1.80. The van der Waals surface area contributed by atoms with Gasteiger partial charge in [-0.1, -0.05) is 30.3 Å². The molecule has 1 unspecified atom stereocenters. The first-order valence-corrected chi connectivity index (χ1v) is 6.18. The summed E-state index contributed by atoms with van der Waals surface area (Å²) in [7, 11) is 0. The molecule has 1 fully saturated rings. The molecule has 1 atom stereocenters. The number of carbonyl (C=O) groups is 1. The van der Waals surface area contributed by atoms with Crippen LogP contribution in [0.1, 0.15) is 23.7 Å². The predicted molar refractivity (Wildman–Crippen MR) is 67.2 cm³/mol. The molecule has 1 saturated heterocycles. The SMILES string of the molecule is CC1CN(CCC(=O)c2ccccc2)CCO1. The van der Waals surface area contributed by atoms with E-state index in [1.807, 2.05) is 30.3 Å². The van der Waals surface area contributed by atoms with Crippen molar-refractivity contribution >= 4 is 5.78 Å². The van der Waals surface area contributed by atoms with E-state index in [0.29, 0.717) is 6.42 Å². The van der Waals surface area contributed by atoms with Crippen molar-refractivity contribution in [3.63, 3.8) is 0 Å². The molecule has 0 bridgehead atoms. The largest absolute Gasteiger partial charge is 0.376 e. The van der Waals surface area contributed by atoms with Crippen LogP contribution in [-0.2, 0) is 4.74 Å². The second kappa shape index (κ2) is 5.94. The van der Waals surface area contributed by atoms with Crippen molar-refractivity contribution in [3.8, 4) is 0 Å². The Hall–Kier alpha value is -1.19. The van der Waals surface area contributed by atoms with E-state index in [-0.39, 0.29) is 11.9 Å². The lowest BCUT2D eigenvalue weighted by molar-refractivity contribution is -0.0180. The van der Waals surface area contributed by atoms with Gasteiger partial charge in [-0.15, -0.1) is 0 Å². The van der Waals surface area contributed by atoms with Crippen LogP contribution in [0.15, 0.2) is 30.3 Å². The Morgan fingerprint density at radius 2 is 2.18 bits per heavy atom. The fourth-order valence-corrected chi connectivity index (χ4v) is 2.12. The van der Waals surface area contributed by atoms with Gasteiger partial charge in [0.1, 0.15) is 0 Å². The van der Waals surface area contributed by atoms with Crippen molar-refractivity contribution in [1.82, 2.24) is 4.90 Å². The van der Waals surface area contributed by atoms with E-state index in [1.54, 1.807) is 0 Å². The molecule has 92 valence electrons. The summed E-state index contributed by atoms with van der Waals surface area (Å²) in [5.74, 6) is 0.227. The molecule has 17 heavy (non-hydrogen) atoms. The lowest BCUT2D eigenvalue weighted by atomic mass is 10.1. The Bertz CT molecular complexity index is 364. The summed E-state index contributed by atoms with van der Waals surface area (Å²) in [5, 5.41) is 0. The van der Waals surface area contributed by atoms with Crippen LogP contribution in [0.5, 0.6) is 0 Å². The third kappa shape index (κ3) is 3.65. The second-order valence-corrected chi connectivity index (χ2v) is 4.52. The van der Waals surface area contributed by atoms with E-state index in [9.17, 15) is 4.79 Å². The molecule has 1 aromatic carbocycles. The van der Waals surface area contributed by atoms with Crippen LogP contribution in [0.4, 0.5) is 0 Å². The quantitative estimate of drug-likeness (QED) is 0.745. The first kappa shape index (κ1) is 12.3. The standard InChI is InChI=1S/C14H19NO2/c1-12-11-15(9-10-17-12)8-7-14(16)13-5-3-2-4-6-13/h2-6,12H,7-11H2,1H3. The van der Waals surface area contributed by atoms with E-state index >= 15 is 0 Å². The van der Waals surface area contributed by atoms with Gasteiger partial charge in [-0.3, -0.25) is 9.69 Å². The highest BCUT2D eigenvalue weighted by atomic mass is 16.5. The molecule has 0 radical (unpaired) electrons. The molecule has 0 amide bonds. The van der Waals surface area contributed by atoms with Gasteiger partial charge in [0, 0.05) is 31.6 Å². The van der Waals surface area contributed by atoms with E-state index in [4.69, 9.17) is 4.74 Å². The highest BCUT2D eigenvalue weighted by molar-refractivity contribution is 5.96. The van der Waals surface area contributed by atoms with Crippen LogP contribution >= 0.6 is 0 Å². The van der Waals surface area contributed by atoms with Gasteiger partial charge in [0.05, 0.1) is 12.7 Å². The number of morpholine rings is 1. The highest BCUT2D eigenvalue weighted by Gasteiger charge is 2.17. The normalized spacial score (nSPS) is 21.4. The third-order valence-corrected chi connectivity index (χ3v) is 3.08. The number of benzene rings is 1. The summed E-state index contributed by atoms with van der Waals surface area (Å²) in [4.78, 5) is 14.2. The van der Waals surface area contributed by atoms with Crippen molar-refractivity contribution in [3.05, 3.63) is 35.9 Å². The molecular formula is C14H19NO2. The Morgan fingerprint density at radius 1 is 1.41 bits per heavy atom. The molecule has 0 saturated carbocycles. The van der Waals surface area contributed by atoms with Crippen LogP contribution in [0.2, 0.25) is 0 Å². The van der Waals surface area contributed by atoms with Crippen molar-refractivity contribution in [2.24, 2.45) is 0 Å². The van der Waals surface area contributed by atoms with E-state index in [0.717, 1.165) is 31.8 Å². The van der Waals surface area contributed by atoms with Crippen molar-refractivity contribution < 1.29 is 9.53 Å². The zero-order chi connectivity index (χ0) is 12.1. The number of hydrogen-bond acceptors (Lipinski definition) is 3. The molecule has 1 aliphatic heterocycles. The Kier molecular flexibility index (Phi) is 4.29. The molecule has 1 aliphatic rings. The van der Waals surface area contributed by atoms with E-state index in [1.165, 1.54) is 0 Å². The molecule has 2 rings (SSSR count). The average molecular weight is 233 g/mol. The minimum atomic E-state index is 0.227. The van der Waals surface area contributed by atoms with Crippen LogP contribution in [0.3, 0.4) is 0 Å². The summed E-state index contributed by atoms with van der Waals surface area (Å²) in [6.45, 7) is 5.56.